The highest BCUT2D eigenvalue weighted by atomic mass is 35.5. The number of carbonyl (C=O) groups excluding carboxylic acids is 1. The minimum atomic E-state index is -1.06. The molecule has 1 fully saturated rings. The molecule has 0 saturated carbocycles. The van der Waals surface area contributed by atoms with Crippen LogP contribution in [0, 0.1) is 11.3 Å². The van der Waals surface area contributed by atoms with Crippen molar-refractivity contribution in [3.63, 3.8) is 0 Å². The van der Waals surface area contributed by atoms with Crippen molar-refractivity contribution in [3.8, 4) is 0 Å². The third-order valence-corrected chi connectivity index (χ3v) is 7.05. The molecule has 0 spiro atoms. The van der Waals surface area contributed by atoms with E-state index >= 15 is 0 Å². The number of piperidine rings is 1. The zero-order valence-corrected chi connectivity index (χ0v) is 22.1. The fourth-order valence-corrected chi connectivity index (χ4v) is 5.30. The first-order chi connectivity index (χ1) is 16.1. The molecule has 0 aliphatic carbocycles. The molecule has 1 aromatic carbocycles. The molecule has 1 aliphatic heterocycles. The van der Waals surface area contributed by atoms with Gasteiger partial charge in [-0.3, -0.25) is 0 Å². The summed E-state index contributed by atoms with van der Waals surface area (Å²) in [6.07, 6.45) is 4.69. The first-order valence-corrected chi connectivity index (χ1v) is 12.7. The molecule has 1 unspecified atom stereocenters. The van der Waals surface area contributed by atoms with E-state index in [-0.39, 0.29) is 23.4 Å². The number of hydrogen-bond acceptors (Lipinski definition) is 5. The van der Waals surface area contributed by atoms with Crippen LogP contribution in [0.4, 0.5) is 4.79 Å². The molecule has 8 heteroatoms. The predicted octanol–water partition coefficient (Wildman–Crippen LogP) is 4.16. The van der Waals surface area contributed by atoms with Crippen molar-refractivity contribution < 1.29 is 19.4 Å². The van der Waals surface area contributed by atoms with Crippen LogP contribution in [0.2, 0.25) is 5.02 Å². The van der Waals surface area contributed by atoms with Gasteiger partial charge in [0.05, 0.1) is 12.2 Å². The summed E-state index contributed by atoms with van der Waals surface area (Å²) in [5, 5.41) is 15.7. The van der Waals surface area contributed by atoms with Crippen molar-refractivity contribution in [1.29, 1.82) is 0 Å². The Morgan fingerprint density at radius 1 is 1.32 bits per heavy atom. The summed E-state index contributed by atoms with van der Waals surface area (Å²) < 4.78 is 10.5. The smallest absolute Gasteiger partial charge is 0.317 e. The van der Waals surface area contributed by atoms with Crippen molar-refractivity contribution in [2.75, 3.05) is 47.1 Å². The minimum absolute atomic E-state index is 0.0886. The number of hydrogen-bond donors (Lipinski definition) is 3. The molecule has 0 aromatic heterocycles. The highest BCUT2D eigenvalue weighted by molar-refractivity contribution is 6.30. The second-order valence-electron chi connectivity index (χ2n) is 10.4. The zero-order valence-electron chi connectivity index (χ0n) is 21.3. The van der Waals surface area contributed by atoms with E-state index in [2.05, 4.69) is 19.2 Å². The Bertz CT molecular complexity index is 763. The van der Waals surface area contributed by atoms with Crippen molar-refractivity contribution >= 4 is 17.6 Å². The number of amides is 2. The fraction of sp³-hybridized carbons (Fsp3) is 0.731. The molecule has 3 atom stereocenters. The van der Waals surface area contributed by atoms with Crippen LogP contribution in [0.25, 0.3) is 0 Å². The number of methoxy groups -OCH3 is 2. The number of ether oxygens (including phenoxy) is 2. The average molecular weight is 498 g/mol. The van der Waals surface area contributed by atoms with Gasteiger partial charge < -0.3 is 30.5 Å². The maximum Gasteiger partial charge on any atom is 0.317 e. The van der Waals surface area contributed by atoms with Crippen LogP contribution in [-0.4, -0.2) is 69.1 Å². The van der Waals surface area contributed by atoms with E-state index in [4.69, 9.17) is 26.8 Å². The van der Waals surface area contributed by atoms with Gasteiger partial charge in [0.25, 0.3) is 0 Å². The van der Waals surface area contributed by atoms with E-state index in [1.165, 1.54) is 0 Å². The largest absolute Gasteiger partial charge is 0.385 e. The number of urea groups is 1. The van der Waals surface area contributed by atoms with Gasteiger partial charge in [0.15, 0.2) is 0 Å². The average Bonchev–Trinajstić information content (AvgIpc) is 2.81. The number of carbonyl (C=O) groups is 1. The highest BCUT2D eigenvalue weighted by Gasteiger charge is 2.41. The molecule has 194 valence electrons. The van der Waals surface area contributed by atoms with Crippen molar-refractivity contribution in [2.24, 2.45) is 17.1 Å². The van der Waals surface area contributed by atoms with E-state index in [1.807, 2.05) is 29.2 Å². The number of aliphatic hydroxyl groups is 1. The quantitative estimate of drug-likeness (QED) is 0.355. The Hall–Kier alpha value is -1.38. The van der Waals surface area contributed by atoms with Crippen LogP contribution < -0.4 is 11.1 Å². The summed E-state index contributed by atoms with van der Waals surface area (Å²) in [4.78, 5) is 15.0. The molecule has 2 rings (SSSR count). The zero-order chi connectivity index (χ0) is 25.2. The number of nitrogens with two attached hydrogens (primary N) is 1. The van der Waals surface area contributed by atoms with Gasteiger partial charge in [-0.05, 0) is 61.6 Å². The van der Waals surface area contributed by atoms with E-state index in [0.29, 0.717) is 44.3 Å². The normalized spacial score (nSPS) is 19.5. The summed E-state index contributed by atoms with van der Waals surface area (Å²) in [5.74, 6) is -0.0886. The van der Waals surface area contributed by atoms with Gasteiger partial charge in [-0.25, -0.2) is 4.79 Å². The summed E-state index contributed by atoms with van der Waals surface area (Å²) in [6.45, 7) is 6.98. The lowest BCUT2D eigenvalue weighted by Gasteiger charge is -2.43. The number of likely N-dealkylation sites (tertiary alicyclic amines) is 1. The number of benzene rings is 1. The van der Waals surface area contributed by atoms with Crippen LogP contribution in [0.3, 0.4) is 0 Å². The second kappa shape index (κ2) is 13.6. The first kappa shape index (κ1) is 28.9. The monoisotopic (exact) mass is 497 g/mol. The summed E-state index contributed by atoms with van der Waals surface area (Å²) in [5.41, 5.74) is 5.64. The fourth-order valence-electron chi connectivity index (χ4n) is 5.11. The molecule has 4 N–H and O–H groups in total. The van der Waals surface area contributed by atoms with E-state index in [0.717, 1.165) is 37.7 Å². The van der Waals surface area contributed by atoms with Crippen LogP contribution in [-0.2, 0) is 15.1 Å². The van der Waals surface area contributed by atoms with Gasteiger partial charge in [-0.15, -0.1) is 0 Å². The van der Waals surface area contributed by atoms with Gasteiger partial charge >= 0.3 is 6.03 Å². The van der Waals surface area contributed by atoms with E-state index < -0.39 is 5.60 Å². The molecular weight excluding hydrogens is 454 g/mol. The minimum Gasteiger partial charge on any atom is -0.385 e. The van der Waals surface area contributed by atoms with Crippen LogP contribution in [0.5, 0.6) is 0 Å². The molecule has 1 saturated heterocycles. The topological polar surface area (TPSA) is 97.1 Å². The van der Waals surface area contributed by atoms with E-state index in [9.17, 15) is 9.90 Å². The molecule has 34 heavy (non-hydrogen) atoms. The maximum atomic E-state index is 13.2. The van der Waals surface area contributed by atoms with Crippen LogP contribution in [0.1, 0.15) is 57.9 Å². The first-order valence-electron chi connectivity index (χ1n) is 12.4. The summed E-state index contributed by atoms with van der Waals surface area (Å²) in [6, 6.07) is 7.20. The Morgan fingerprint density at radius 3 is 2.74 bits per heavy atom. The van der Waals surface area contributed by atoms with Gasteiger partial charge in [-0.2, -0.15) is 0 Å². The van der Waals surface area contributed by atoms with Crippen LogP contribution >= 0.6 is 11.6 Å². The third kappa shape index (κ3) is 8.38. The maximum absolute atomic E-state index is 13.2. The summed E-state index contributed by atoms with van der Waals surface area (Å²) >= 11 is 6.27. The predicted molar refractivity (Wildman–Crippen MR) is 137 cm³/mol. The lowest BCUT2D eigenvalue weighted by molar-refractivity contribution is -0.0564. The Kier molecular flexibility index (Phi) is 11.6. The van der Waals surface area contributed by atoms with Crippen LogP contribution in [0.15, 0.2) is 24.3 Å². The lowest BCUT2D eigenvalue weighted by Crippen LogP contribution is -2.54. The van der Waals surface area contributed by atoms with Crippen molar-refractivity contribution in [1.82, 2.24) is 10.2 Å². The van der Waals surface area contributed by atoms with Gasteiger partial charge in [0.2, 0.25) is 0 Å². The van der Waals surface area contributed by atoms with Crippen molar-refractivity contribution in [2.45, 2.75) is 64.0 Å². The molecule has 1 heterocycles. The molecule has 0 bridgehead atoms. The van der Waals surface area contributed by atoms with E-state index in [1.54, 1.807) is 14.2 Å². The number of halogens is 1. The third-order valence-electron chi connectivity index (χ3n) is 6.81. The highest BCUT2D eigenvalue weighted by Crippen LogP contribution is 2.40. The lowest BCUT2D eigenvalue weighted by atomic mass is 9.74. The SMILES string of the molecule is COCCCC[C@@](O)(c1cccc(Cl)c1)[C@@H]1CCCN(C(=O)NC(CN)CC(C)(C)COC)C1. The van der Waals surface area contributed by atoms with Gasteiger partial charge in [-0.1, -0.05) is 37.6 Å². The van der Waals surface area contributed by atoms with Crippen molar-refractivity contribution in [3.05, 3.63) is 34.9 Å². The Balaban J connectivity index is 2.13. The van der Waals surface area contributed by atoms with Gasteiger partial charge in [0.1, 0.15) is 0 Å². The molecule has 2 amide bonds. The summed E-state index contributed by atoms with van der Waals surface area (Å²) in [7, 11) is 3.37. The molecule has 1 aliphatic rings. The number of nitrogens with one attached hydrogen (secondary N) is 1. The Labute approximate surface area is 210 Å². The molecule has 7 nitrogen and oxygen atoms in total. The molecular formula is C26H44ClN3O4. The molecule has 0 radical (unpaired) electrons. The standard InChI is InChI=1S/C26H44ClN3O4/c1-25(2,19-34-4)16-23(17-28)29-24(31)30-13-8-10-21(18-30)26(32,12-5-6-14-33-3)20-9-7-11-22(27)15-20/h7,9,11,15,21,23,32H,5-6,8,10,12-14,16-19,28H2,1-4H3,(H,29,31)/t21-,23?,26-/m1/s1. The second-order valence-corrected chi connectivity index (χ2v) is 10.8. The Morgan fingerprint density at radius 2 is 2.09 bits per heavy atom. The number of unbranched alkanes of at least 4 members (excludes halogenated alkanes) is 1. The number of rotatable bonds is 13. The number of nitrogens with zero attached hydrogens (tertiary/aromatic N) is 1. The molecule has 1 aromatic rings. The van der Waals surface area contributed by atoms with Gasteiger partial charge in [0, 0.05) is 57.4 Å².